The van der Waals surface area contributed by atoms with Gasteiger partial charge in [-0.1, -0.05) is 6.92 Å². The lowest BCUT2D eigenvalue weighted by molar-refractivity contribution is -0.138. The van der Waals surface area contributed by atoms with Crippen LogP contribution in [-0.4, -0.2) is 83.8 Å². The standard InChI is InChI=1S/C18H31N5O3S/c1-3-7-21-9-11-22(12-10-21)18(24)16-6-5-8-23(13-16)27(25,26)17-14-20(4-2)15-19-17/h14-16H,3-13H2,1-2H3. The molecule has 0 saturated carbocycles. The van der Waals surface area contributed by atoms with Crippen LogP contribution >= 0.6 is 0 Å². The Balaban J connectivity index is 1.63. The lowest BCUT2D eigenvalue weighted by Crippen LogP contribution is -2.53. The number of hydrogen-bond donors (Lipinski definition) is 0. The van der Waals surface area contributed by atoms with Crippen LogP contribution in [0.5, 0.6) is 0 Å². The van der Waals surface area contributed by atoms with Crippen LogP contribution in [0.25, 0.3) is 0 Å². The average Bonchev–Trinajstić information content (AvgIpc) is 3.18. The highest BCUT2D eigenvalue weighted by Gasteiger charge is 2.36. The molecule has 152 valence electrons. The van der Waals surface area contributed by atoms with Crippen molar-refractivity contribution in [3.63, 3.8) is 0 Å². The number of imidazole rings is 1. The minimum Gasteiger partial charge on any atom is -0.340 e. The summed E-state index contributed by atoms with van der Waals surface area (Å²) < 4.78 is 29.0. The molecule has 0 N–H and O–H groups in total. The summed E-state index contributed by atoms with van der Waals surface area (Å²) in [5.74, 6) is -0.148. The highest BCUT2D eigenvalue weighted by atomic mass is 32.2. The molecule has 1 aromatic rings. The van der Waals surface area contributed by atoms with E-state index in [1.165, 1.54) is 10.6 Å². The minimum absolute atomic E-state index is 0.0747. The monoisotopic (exact) mass is 397 g/mol. The number of rotatable bonds is 6. The van der Waals surface area contributed by atoms with E-state index >= 15 is 0 Å². The predicted octanol–water partition coefficient (Wildman–Crippen LogP) is 0.858. The molecule has 2 aliphatic heterocycles. The molecule has 8 nitrogen and oxygen atoms in total. The molecule has 3 rings (SSSR count). The second-order valence-electron chi connectivity index (χ2n) is 7.41. The Labute approximate surface area is 162 Å². The fourth-order valence-electron chi connectivity index (χ4n) is 3.91. The largest absolute Gasteiger partial charge is 0.340 e. The molecule has 2 fully saturated rings. The molecule has 0 bridgehead atoms. The number of sulfonamides is 1. The molecule has 0 radical (unpaired) electrons. The minimum atomic E-state index is -3.64. The fraction of sp³-hybridized carbons (Fsp3) is 0.778. The van der Waals surface area contributed by atoms with Crippen molar-refractivity contribution >= 4 is 15.9 Å². The third kappa shape index (κ3) is 4.52. The van der Waals surface area contributed by atoms with Gasteiger partial charge in [-0.15, -0.1) is 0 Å². The Morgan fingerprint density at radius 3 is 2.56 bits per heavy atom. The molecular weight excluding hydrogens is 366 g/mol. The number of piperazine rings is 1. The van der Waals surface area contributed by atoms with Gasteiger partial charge in [-0.05, 0) is 32.7 Å². The summed E-state index contributed by atoms with van der Waals surface area (Å²) in [6.07, 6.45) is 5.68. The molecule has 1 aromatic heterocycles. The number of carbonyl (C=O) groups excluding carboxylic acids is 1. The normalized spacial score (nSPS) is 22.9. The van der Waals surface area contributed by atoms with Gasteiger partial charge in [0.05, 0.1) is 12.2 Å². The summed E-state index contributed by atoms with van der Waals surface area (Å²) in [7, 11) is -3.64. The van der Waals surface area contributed by atoms with Gasteiger partial charge in [0.15, 0.2) is 5.03 Å². The lowest BCUT2D eigenvalue weighted by atomic mass is 9.98. The van der Waals surface area contributed by atoms with Crippen LogP contribution in [-0.2, 0) is 21.4 Å². The van der Waals surface area contributed by atoms with Crippen molar-refractivity contribution in [1.29, 1.82) is 0 Å². The molecule has 9 heteroatoms. The molecule has 0 spiro atoms. The van der Waals surface area contributed by atoms with Gasteiger partial charge in [0, 0.05) is 52.0 Å². The third-order valence-electron chi connectivity index (χ3n) is 5.54. The lowest BCUT2D eigenvalue weighted by Gasteiger charge is -2.38. The zero-order valence-electron chi connectivity index (χ0n) is 16.4. The number of carbonyl (C=O) groups is 1. The first-order valence-electron chi connectivity index (χ1n) is 9.98. The topological polar surface area (TPSA) is 78.8 Å². The quantitative estimate of drug-likeness (QED) is 0.711. The number of nitrogens with zero attached hydrogens (tertiary/aromatic N) is 5. The molecule has 1 atom stereocenters. The van der Waals surface area contributed by atoms with E-state index in [4.69, 9.17) is 0 Å². The number of aromatic nitrogens is 2. The average molecular weight is 398 g/mol. The van der Waals surface area contributed by atoms with Crippen LogP contribution in [0.4, 0.5) is 0 Å². The SMILES string of the molecule is CCCN1CCN(C(=O)C2CCCN(S(=O)(=O)c3cn(CC)cn3)C2)CC1. The van der Waals surface area contributed by atoms with Gasteiger partial charge in [0.25, 0.3) is 10.0 Å². The molecule has 3 heterocycles. The Morgan fingerprint density at radius 1 is 1.19 bits per heavy atom. The fourth-order valence-corrected chi connectivity index (χ4v) is 5.37. The zero-order valence-corrected chi connectivity index (χ0v) is 17.2. The first-order valence-corrected chi connectivity index (χ1v) is 11.4. The summed E-state index contributed by atoms with van der Waals surface area (Å²) in [6, 6.07) is 0. The Hall–Kier alpha value is -1.45. The molecule has 1 unspecified atom stereocenters. The van der Waals surface area contributed by atoms with Crippen LogP contribution in [0.3, 0.4) is 0 Å². The second-order valence-corrected chi connectivity index (χ2v) is 9.30. The highest BCUT2D eigenvalue weighted by molar-refractivity contribution is 7.89. The van der Waals surface area contributed by atoms with Gasteiger partial charge < -0.3 is 9.47 Å². The van der Waals surface area contributed by atoms with Crippen LogP contribution in [0.2, 0.25) is 0 Å². The van der Waals surface area contributed by atoms with E-state index in [9.17, 15) is 13.2 Å². The van der Waals surface area contributed by atoms with Gasteiger partial charge in [0.2, 0.25) is 5.91 Å². The van der Waals surface area contributed by atoms with Crippen LogP contribution in [0.1, 0.15) is 33.1 Å². The third-order valence-corrected chi connectivity index (χ3v) is 7.29. The van der Waals surface area contributed by atoms with Gasteiger partial charge in [-0.2, -0.15) is 4.31 Å². The smallest absolute Gasteiger partial charge is 0.262 e. The number of piperidine rings is 1. The van der Waals surface area contributed by atoms with E-state index in [0.717, 1.165) is 45.6 Å². The molecule has 0 aliphatic carbocycles. The molecule has 2 saturated heterocycles. The van der Waals surface area contributed by atoms with E-state index in [0.29, 0.717) is 19.5 Å². The molecule has 27 heavy (non-hydrogen) atoms. The molecule has 1 amide bonds. The van der Waals surface area contributed by atoms with Crippen molar-refractivity contribution < 1.29 is 13.2 Å². The van der Waals surface area contributed by atoms with Crippen LogP contribution in [0, 0.1) is 5.92 Å². The van der Waals surface area contributed by atoms with Crippen molar-refractivity contribution in [1.82, 2.24) is 23.7 Å². The van der Waals surface area contributed by atoms with E-state index < -0.39 is 10.0 Å². The summed E-state index contributed by atoms with van der Waals surface area (Å²) in [5.41, 5.74) is 0. The first kappa shape index (κ1) is 20.3. The van der Waals surface area contributed by atoms with Crippen LogP contribution in [0.15, 0.2) is 17.6 Å². The van der Waals surface area contributed by atoms with E-state index in [2.05, 4.69) is 16.8 Å². The van der Waals surface area contributed by atoms with Crippen molar-refractivity contribution in [3.05, 3.63) is 12.5 Å². The Kier molecular flexibility index (Phi) is 6.54. The molecular formula is C18H31N5O3S. The first-order chi connectivity index (χ1) is 13.0. The number of aryl methyl sites for hydroxylation is 1. The van der Waals surface area contributed by atoms with E-state index in [-0.39, 0.29) is 23.4 Å². The van der Waals surface area contributed by atoms with E-state index in [1.807, 2.05) is 11.8 Å². The Bertz CT molecular complexity index is 740. The van der Waals surface area contributed by atoms with Crippen molar-refractivity contribution in [3.8, 4) is 0 Å². The molecule has 0 aromatic carbocycles. The Morgan fingerprint density at radius 2 is 1.93 bits per heavy atom. The van der Waals surface area contributed by atoms with Crippen LogP contribution < -0.4 is 0 Å². The van der Waals surface area contributed by atoms with Crippen molar-refractivity contribution in [2.45, 2.75) is 44.7 Å². The van der Waals surface area contributed by atoms with Gasteiger partial charge in [-0.25, -0.2) is 13.4 Å². The summed E-state index contributed by atoms with van der Waals surface area (Å²) in [5, 5.41) is 0.0747. The predicted molar refractivity (Wildman–Crippen MR) is 103 cm³/mol. The maximum atomic E-state index is 12.9. The molecule has 2 aliphatic rings. The zero-order chi connectivity index (χ0) is 19.4. The summed E-state index contributed by atoms with van der Waals surface area (Å²) in [4.78, 5) is 21.3. The van der Waals surface area contributed by atoms with Crippen molar-refractivity contribution in [2.24, 2.45) is 5.92 Å². The number of hydrogen-bond acceptors (Lipinski definition) is 5. The van der Waals surface area contributed by atoms with Gasteiger partial charge in [0.1, 0.15) is 0 Å². The maximum Gasteiger partial charge on any atom is 0.262 e. The maximum absolute atomic E-state index is 12.9. The second kappa shape index (κ2) is 8.70. The summed E-state index contributed by atoms with van der Waals surface area (Å²) >= 11 is 0. The van der Waals surface area contributed by atoms with E-state index in [1.54, 1.807) is 10.8 Å². The van der Waals surface area contributed by atoms with Gasteiger partial charge >= 0.3 is 0 Å². The van der Waals surface area contributed by atoms with Gasteiger partial charge in [-0.3, -0.25) is 9.69 Å². The number of amides is 1. The summed E-state index contributed by atoms with van der Waals surface area (Å²) in [6.45, 7) is 9.85. The highest BCUT2D eigenvalue weighted by Crippen LogP contribution is 2.24. The van der Waals surface area contributed by atoms with Crippen molar-refractivity contribution in [2.75, 3.05) is 45.8 Å².